The second kappa shape index (κ2) is 4.61. The lowest BCUT2D eigenvalue weighted by atomic mass is 10.3. The Kier molecular flexibility index (Phi) is 4.00. The minimum atomic E-state index is -4.06. The molecule has 0 spiro atoms. The fraction of sp³-hybridized carbons (Fsp3) is 1.00. The smallest absolute Gasteiger partial charge is 0.292 e. The molecule has 0 aromatic rings. The van der Waals surface area contributed by atoms with Crippen LogP contribution in [0.1, 0.15) is 0 Å². The minimum Gasteiger partial charge on any atom is -0.292 e. The molecule has 0 aromatic carbocycles. The summed E-state index contributed by atoms with van der Waals surface area (Å²) in [5.74, 6) is 0. The van der Waals surface area contributed by atoms with E-state index >= 15 is 0 Å². The Morgan fingerprint density at radius 3 is 1.85 bits per heavy atom. The molecule has 2 nitrogen and oxygen atoms in total. The average Bonchev–Trinajstić information content (AvgIpc) is 2.03. The topological polar surface area (TPSA) is 6.48 Å². The molecule has 1 heterocycles. The molecule has 0 radical (unpaired) electrons. The third-order valence-corrected chi connectivity index (χ3v) is 2.75. The molecule has 0 atom stereocenters. The number of nitrogens with zero attached hydrogens (tertiary/aromatic N) is 2. The fourth-order valence-corrected chi connectivity index (χ4v) is 1.82. The van der Waals surface area contributed by atoms with E-state index in [9.17, 15) is 13.2 Å². The van der Waals surface area contributed by atoms with Gasteiger partial charge in [0.25, 0.3) is 0 Å². The number of rotatable bonds is 2. The molecule has 13 heavy (non-hydrogen) atoms. The van der Waals surface area contributed by atoms with E-state index in [1.165, 1.54) is 4.90 Å². The predicted molar refractivity (Wildman–Crippen MR) is 47.9 cm³/mol. The maximum atomic E-state index is 12.0. The van der Waals surface area contributed by atoms with Gasteiger partial charge in [0.15, 0.2) is 0 Å². The quantitative estimate of drug-likeness (QED) is 0.549. The van der Waals surface area contributed by atoms with E-state index in [-0.39, 0.29) is 0 Å². The Bertz CT molecular complexity index is 154. The van der Waals surface area contributed by atoms with Crippen LogP contribution in [0, 0.1) is 0 Å². The van der Waals surface area contributed by atoms with Crippen molar-refractivity contribution >= 4 is 15.9 Å². The van der Waals surface area contributed by atoms with Crippen molar-refractivity contribution in [2.45, 2.75) is 6.18 Å². The van der Waals surface area contributed by atoms with Crippen molar-refractivity contribution in [2.24, 2.45) is 0 Å². The molecule has 0 saturated carbocycles. The first-order valence-electron chi connectivity index (χ1n) is 4.09. The number of hydrogen-bond acceptors (Lipinski definition) is 2. The van der Waals surface area contributed by atoms with E-state index in [1.54, 1.807) is 0 Å². The highest BCUT2D eigenvalue weighted by atomic mass is 79.9. The largest absolute Gasteiger partial charge is 0.401 e. The van der Waals surface area contributed by atoms with Gasteiger partial charge in [-0.25, -0.2) is 0 Å². The van der Waals surface area contributed by atoms with Crippen LogP contribution in [-0.2, 0) is 0 Å². The molecular weight excluding hydrogens is 249 g/mol. The SMILES string of the molecule is FC(F)(F)CN1CCN(CBr)CC1. The molecule has 0 aliphatic carbocycles. The van der Waals surface area contributed by atoms with Crippen molar-refractivity contribution in [3.63, 3.8) is 0 Å². The molecule has 1 aliphatic rings. The van der Waals surface area contributed by atoms with Gasteiger partial charge in [-0.2, -0.15) is 13.2 Å². The van der Waals surface area contributed by atoms with Crippen LogP contribution < -0.4 is 0 Å². The minimum absolute atomic E-state index is 0.505. The molecule has 0 bridgehead atoms. The molecular formula is C7H12BrF3N2. The summed E-state index contributed by atoms with van der Waals surface area (Å²) in [7, 11) is 0. The van der Waals surface area contributed by atoms with Crippen LogP contribution >= 0.6 is 15.9 Å². The van der Waals surface area contributed by atoms with E-state index < -0.39 is 12.7 Å². The van der Waals surface area contributed by atoms with Gasteiger partial charge in [-0.15, -0.1) is 0 Å². The Morgan fingerprint density at radius 2 is 1.46 bits per heavy atom. The Labute approximate surface area is 83.8 Å². The van der Waals surface area contributed by atoms with E-state index in [0.29, 0.717) is 26.2 Å². The second-order valence-corrected chi connectivity index (χ2v) is 3.63. The van der Waals surface area contributed by atoms with Crippen molar-refractivity contribution in [3.05, 3.63) is 0 Å². The van der Waals surface area contributed by atoms with Crippen LogP contribution in [0.15, 0.2) is 0 Å². The number of piperazine rings is 1. The zero-order valence-corrected chi connectivity index (χ0v) is 8.73. The molecule has 0 N–H and O–H groups in total. The summed E-state index contributed by atoms with van der Waals surface area (Å²) in [5.41, 5.74) is 0.743. The first-order valence-corrected chi connectivity index (χ1v) is 5.21. The summed E-state index contributed by atoms with van der Waals surface area (Å²) in [5, 5.41) is 0. The Balaban J connectivity index is 2.25. The van der Waals surface area contributed by atoms with Gasteiger partial charge in [0.05, 0.1) is 12.0 Å². The summed E-state index contributed by atoms with van der Waals surface area (Å²) in [6, 6.07) is 0. The van der Waals surface area contributed by atoms with Crippen LogP contribution in [0.2, 0.25) is 0 Å². The third-order valence-electron chi connectivity index (χ3n) is 2.04. The van der Waals surface area contributed by atoms with E-state index in [2.05, 4.69) is 20.8 Å². The van der Waals surface area contributed by atoms with Gasteiger partial charge in [-0.1, -0.05) is 15.9 Å². The molecule has 1 saturated heterocycles. The number of hydrogen-bond donors (Lipinski definition) is 0. The van der Waals surface area contributed by atoms with Crippen LogP contribution in [0.25, 0.3) is 0 Å². The van der Waals surface area contributed by atoms with Gasteiger partial charge in [-0.3, -0.25) is 9.80 Å². The second-order valence-electron chi connectivity index (χ2n) is 3.13. The highest BCUT2D eigenvalue weighted by Gasteiger charge is 2.31. The van der Waals surface area contributed by atoms with E-state index in [0.717, 1.165) is 5.45 Å². The molecule has 6 heteroatoms. The van der Waals surface area contributed by atoms with Crippen LogP contribution in [0.3, 0.4) is 0 Å². The van der Waals surface area contributed by atoms with Gasteiger partial charge in [0.1, 0.15) is 0 Å². The zero-order valence-electron chi connectivity index (χ0n) is 7.15. The molecule has 0 amide bonds. The monoisotopic (exact) mass is 260 g/mol. The molecule has 1 aliphatic heterocycles. The van der Waals surface area contributed by atoms with Crippen LogP contribution in [0.4, 0.5) is 13.2 Å². The standard InChI is InChI=1S/C7H12BrF3N2/c8-6-13-3-1-12(2-4-13)5-7(9,10)11/h1-6H2. The van der Waals surface area contributed by atoms with Crippen molar-refractivity contribution in [2.75, 3.05) is 38.2 Å². The predicted octanol–water partition coefficient (Wildman–Crippen LogP) is 1.52. The lowest BCUT2D eigenvalue weighted by Crippen LogP contribution is -2.48. The van der Waals surface area contributed by atoms with Gasteiger partial charge in [0, 0.05) is 26.2 Å². The average molecular weight is 261 g/mol. The summed E-state index contributed by atoms with van der Waals surface area (Å²) in [6.07, 6.45) is -4.06. The van der Waals surface area contributed by atoms with Crippen LogP contribution in [0.5, 0.6) is 0 Å². The first-order chi connectivity index (χ1) is 6.01. The fourth-order valence-electron chi connectivity index (χ4n) is 1.32. The molecule has 78 valence electrons. The lowest BCUT2D eigenvalue weighted by molar-refractivity contribution is -0.148. The zero-order chi connectivity index (χ0) is 9.90. The van der Waals surface area contributed by atoms with Crippen molar-refractivity contribution in [1.82, 2.24) is 9.80 Å². The maximum absolute atomic E-state index is 12.0. The van der Waals surface area contributed by atoms with Crippen LogP contribution in [-0.4, -0.2) is 54.2 Å². The maximum Gasteiger partial charge on any atom is 0.401 e. The summed E-state index contributed by atoms with van der Waals surface area (Å²) >= 11 is 3.28. The molecule has 0 aromatic heterocycles. The molecule has 1 rings (SSSR count). The molecule has 0 unspecified atom stereocenters. The van der Waals surface area contributed by atoms with E-state index in [4.69, 9.17) is 0 Å². The summed E-state index contributed by atoms with van der Waals surface area (Å²) in [6.45, 7) is 1.65. The number of halogens is 4. The highest BCUT2D eigenvalue weighted by Crippen LogP contribution is 2.17. The van der Waals surface area contributed by atoms with Gasteiger partial charge in [-0.05, 0) is 0 Å². The van der Waals surface area contributed by atoms with Gasteiger partial charge < -0.3 is 0 Å². The lowest BCUT2D eigenvalue weighted by Gasteiger charge is -2.33. The Hall–Kier alpha value is 0.190. The third kappa shape index (κ3) is 4.28. The first kappa shape index (κ1) is 11.3. The van der Waals surface area contributed by atoms with Crippen molar-refractivity contribution in [1.29, 1.82) is 0 Å². The van der Waals surface area contributed by atoms with Crippen molar-refractivity contribution in [3.8, 4) is 0 Å². The van der Waals surface area contributed by atoms with E-state index in [1.807, 2.05) is 0 Å². The summed E-state index contributed by atoms with van der Waals surface area (Å²) < 4.78 is 35.9. The van der Waals surface area contributed by atoms with Gasteiger partial charge >= 0.3 is 6.18 Å². The number of alkyl halides is 4. The van der Waals surface area contributed by atoms with Gasteiger partial charge in [0.2, 0.25) is 0 Å². The normalized spacial score (nSPS) is 22.2. The highest BCUT2D eigenvalue weighted by molar-refractivity contribution is 9.09. The van der Waals surface area contributed by atoms with Crippen molar-refractivity contribution < 1.29 is 13.2 Å². The molecule has 1 fully saturated rings. The Morgan fingerprint density at radius 1 is 1.00 bits per heavy atom. The summed E-state index contributed by atoms with van der Waals surface area (Å²) in [4.78, 5) is 3.52.